The quantitative estimate of drug-likeness (QED) is 0.215. The molecule has 2 aliphatic heterocycles. The molecule has 2 fully saturated rings. The van der Waals surface area contributed by atoms with Gasteiger partial charge in [-0.25, -0.2) is 9.98 Å². The molecular formula is C23H40IN5O3. The number of hydrogen-bond donors (Lipinski definition) is 1. The van der Waals surface area contributed by atoms with E-state index in [2.05, 4.69) is 46.1 Å². The predicted octanol–water partition coefficient (Wildman–Crippen LogP) is 2.91. The van der Waals surface area contributed by atoms with E-state index in [1.807, 2.05) is 6.20 Å². The standard InChI is InChI=1S/C23H39N5O3.HI/c1-4-24-23(27-10-8-21(9-11-27)31-14-5-13-29-3)26-17-20-6-7-22(25-16-20)28-12-15-30-19(2)18-28;/h6-7,16,19,21H,4-5,8-15,17-18H2,1-3H3,(H,24,26);1H. The molecule has 2 saturated heterocycles. The molecule has 8 nitrogen and oxygen atoms in total. The fourth-order valence-electron chi connectivity index (χ4n) is 4.00. The number of anilines is 1. The van der Waals surface area contributed by atoms with Crippen molar-refractivity contribution in [1.29, 1.82) is 0 Å². The van der Waals surface area contributed by atoms with Crippen molar-refractivity contribution in [3.63, 3.8) is 0 Å². The molecular weight excluding hydrogens is 521 g/mol. The van der Waals surface area contributed by atoms with Gasteiger partial charge in [-0.3, -0.25) is 0 Å². The topological polar surface area (TPSA) is 71.5 Å². The summed E-state index contributed by atoms with van der Waals surface area (Å²) in [6, 6.07) is 4.23. The normalized spacial score (nSPS) is 20.2. The number of aliphatic imine (C=N–C) groups is 1. The number of aromatic nitrogens is 1. The number of ether oxygens (including phenoxy) is 3. The molecule has 1 N–H and O–H groups in total. The number of nitrogens with zero attached hydrogens (tertiary/aromatic N) is 4. The summed E-state index contributed by atoms with van der Waals surface area (Å²) in [5.41, 5.74) is 1.12. The SMILES string of the molecule is CCNC(=NCc1ccc(N2CCOC(C)C2)nc1)N1CCC(OCCCOC)CC1.I. The molecule has 1 aromatic rings. The van der Waals surface area contributed by atoms with E-state index < -0.39 is 0 Å². The lowest BCUT2D eigenvalue weighted by Crippen LogP contribution is -2.47. The highest BCUT2D eigenvalue weighted by atomic mass is 127. The summed E-state index contributed by atoms with van der Waals surface area (Å²) in [4.78, 5) is 14.2. The van der Waals surface area contributed by atoms with Crippen molar-refractivity contribution in [3.8, 4) is 0 Å². The van der Waals surface area contributed by atoms with Crippen LogP contribution in [0.3, 0.4) is 0 Å². The molecule has 0 spiro atoms. The van der Waals surface area contributed by atoms with Crippen molar-refractivity contribution in [2.45, 2.75) is 51.9 Å². The number of nitrogens with one attached hydrogen (secondary N) is 1. The minimum atomic E-state index is 0. The molecule has 0 saturated carbocycles. The number of likely N-dealkylation sites (tertiary alicyclic amines) is 1. The Morgan fingerprint density at radius 3 is 2.72 bits per heavy atom. The van der Waals surface area contributed by atoms with Gasteiger partial charge in [0.1, 0.15) is 5.82 Å². The summed E-state index contributed by atoms with van der Waals surface area (Å²) in [5, 5.41) is 3.44. The van der Waals surface area contributed by atoms with Gasteiger partial charge in [0.2, 0.25) is 0 Å². The summed E-state index contributed by atoms with van der Waals surface area (Å²) in [7, 11) is 1.73. The zero-order valence-electron chi connectivity index (χ0n) is 19.8. The number of hydrogen-bond acceptors (Lipinski definition) is 6. The van der Waals surface area contributed by atoms with E-state index in [1.165, 1.54) is 0 Å². The molecule has 0 radical (unpaired) electrons. The van der Waals surface area contributed by atoms with Gasteiger partial charge in [-0.1, -0.05) is 6.07 Å². The van der Waals surface area contributed by atoms with E-state index in [1.54, 1.807) is 7.11 Å². The lowest BCUT2D eigenvalue weighted by Gasteiger charge is -2.34. The number of pyridine rings is 1. The van der Waals surface area contributed by atoms with Crippen LogP contribution in [0.1, 0.15) is 38.7 Å². The van der Waals surface area contributed by atoms with E-state index in [0.29, 0.717) is 12.6 Å². The maximum Gasteiger partial charge on any atom is 0.194 e. The molecule has 3 rings (SSSR count). The predicted molar refractivity (Wildman–Crippen MR) is 139 cm³/mol. The minimum Gasteiger partial charge on any atom is -0.385 e. The first-order valence-corrected chi connectivity index (χ1v) is 11.6. The smallest absolute Gasteiger partial charge is 0.194 e. The summed E-state index contributed by atoms with van der Waals surface area (Å²) < 4.78 is 16.7. The molecule has 0 aromatic carbocycles. The van der Waals surface area contributed by atoms with Crippen LogP contribution in [0.4, 0.5) is 5.82 Å². The van der Waals surface area contributed by atoms with E-state index in [0.717, 1.165) is 89.1 Å². The van der Waals surface area contributed by atoms with E-state index in [4.69, 9.17) is 19.2 Å². The third-order valence-corrected chi connectivity index (χ3v) is 5.71. The van der Waals surface area contributed by atoms with Crippen LogP contribution in [0.25, 0.3) is 0 Å². The molecule has 1 aromatic heterocycles. The average Bonchev–Trinajstić information content (AvgIpc) is 2.80. The second-order valence-electron chi connectivity index (χ2n) is 8.23. The molecule has 182 valence electrons. The van der Waals surface area contributed by atoms with Crippen LogP contribution in [-0.4, -0.2) is 87.7 Å². The fourth-order valence-corrected chi connectivity index (χ4v) is 4.00. The van der Waals surface area contributed by atoms with Gasteiger partial charge in [-0.2, -0.15) is 0 Å². The number of guanidine groups is 1. The second-order valence-corrected chi connectivity index (χ2v) is 8.23. The highest BCUT2D eigenvalue weighted by molar-refractivity contribution is 14.0. The number of methoxy groups -OCH3 is 1. The average molecular weight is 562 g/mol. The number of halogens is 1. The van der Waals surface area contributed by atoms with Crippen LogP contribution in [-0.2, 0) is 20.8 Å². The monoisotopic (exact) mass is 561 g/mol. The second kappa shape index (κ2) is 14.9. The van der Waals surface area contributed by atoms with Crippen LogP contribution < -0.4 is 10.2 Å². The van der Waals surface area contributed by atoms with Gasteiger partial charge in [-0.15, -0.1) is 24.0 Å². The molecule has 0 aliphatic carbocycles. The summed E-state index contributed by atoms with van der Waals surface area (Å²) in [6.07, 6.45) is 5.57. The third kappa shape index (κ3) is 8.64. The summed E-state index contributed by atoms with van der Waals surface area (Å²) in [6.45, 7) is 11.7. The first-order chi connectivity index (χ1) is 15.2. The highest BCUT2D eigenvalue weighted by Crippen LogP contribution is 2.17. The van der Waals surface area contributed by atoms with Gasteiger partial charge in [0.25, 0.3) is 0 Å². The van der Waals surface area contributed by atoms with E-state index in [9.17, 15) is 0 Å². The molecule has 1 atom stereocenters. The molecule has 0 bridgehead atoms. The first-order valence-electron chi connectivity index (χ1n) is 11.6. The van der Waals surface area contributed by atoms with Gasteiger partial charge in [0.05, 0.1) is 25.4 Å². The van der Waals surface area contributed by atoms with Crippen molar-refractivity contribution >= 4 is 35.8 Å². The first kappa shape index (κ1) is 27.1. The molecule has 32 heavy (non-hydrogen) atoms. The Morgan fingerprint density at radius 2 is 2.06 bits per heavy atom. The minimum absolute atomic E-state index is 0. The Bertz CT molecular complexity index is 668. The van der Waals surface area contributed by atoms with Gasteiger partial charge < -0.3 is 29.3 Å². The maximum atomic E-state index is 5.98. The van der Waals surface area contributed by atoms with Crippen LogP contribution >= 0.6 is 24.0 Å². The molecule has 0 amide bonds. The Balaban J connectivity index is 0.00000363. The van der Waals surface area contributed by atoms with E-state index in [-0.39, 0.29) is 30.1 Å². The van der Waals surface area contributed by atoms with Gasteiger partial charge in [0, 0.05) is 59.2 Å². The number of morpholine rings is 1. The Morgan fingerprint density at radius 1 is 1.25 bits per heavy atom. The van der Waals surface area contributed by atoms with Gasteiger partial charge in [-0.05, 0) is 44.7 Å². The largest absolute Gasteiger partial charge is 0.385 e. The number of rotatable bonds is 9. The third-order valence-electron chi connectivity index (χ3n) is 5.71. The highest BCUT2D eigenvalue weighted by Gasteiger charge is 2.22. The van der Waals surface area contributed by atoms with Gasteiger partial charge in [0.15, 0.2) is 5.96 Å². The zero-order chi connectivity index (χ0) is 21.9. The Hall–Kier alpha value is -1.17. The lowest BCUT2D eigenvalue weighted by molar-refractivity contribution is 0.00990. The summed E-state index contributed by atoms with van der Waals surface area (Å²) >= 11 is 0. The fraction of sp³-hybridized carbons (Fsp3) is 0.739. The van der Waals surface area contributed by atoms with Crippen molar-refractivity contribution in [2.24, 2.45) is 4.99 Å². The van der Waals surface area contributed by atoms with Crippen molar-refractivity contribution in [3.05, 3.63) is 23.9 Å². The maximum absolute atomic E-state index is 5.98. The number of piperidine rings is 1. The van der Waals surface area contributed by atoms with Crippen LogP contribution in [0.15, 0.2) is 23.3 Å². The van der Waals surface area contributed by atoms with Crippen LogP contribution in [0.5, 0.6) is 0 Å². The summed E-state index contributed by atoms with van der Waals surface area (Å²) in [5.74, 6) is 1.99. The Kier molecular flexibility index (Phi) is 12.6. The van der Waals surface area contributed by atoms with Crippen LogP contribution in [0.2, 0.25) is 0 Å². The van der Waals surface area contributed by atoms with Crippen molar-refractivity contribution in [1.82, 2.24) is 15.2 Å². The lowest BCUT2D eigenvalue weighted by atomic mass is 10.1. The molecule has 3 heterocycles. The van der Waals surface area contributed by atoms with Crippen molar-refractivity contribution < 1.29 is 14.2 Å². The van der Waals surface area contributed by atoms with Gasteiger partial charge >= 0.3 is 0 Å². The zero-order valence-corrected chi connectivity index (χ0v) is 22.1. The molecule has 1 unspecified atom stereocenters. The van der Waals surface area contributed by atoms with Crippen LogP contribution in [0, 0.1) is 0 Å². The molecule has 2 aliphatic rings. The van der Waals surface area contributed by atoms with Crippen molar-refractivity contribution in [2.75, 3.05) is 64.6 Å². The Labute approximate surface area is 210 Å². The van der Waals surface area contributed by atoms with E-state index >= 15 is 0 Å². The molecule has 9 heteroatoms.